The molecule has 7 rings (SSSR count). The second-order valence-electron chi connectivity index (χ2n) is 9.57. The van der Waals surface area contributed by atoms with E-state index in [1.54, 1.807) is 12.1 Å². The van der Waals surface area contributed by atoms with Crippen LogP contribution in [0.4, 0.5) is 15.9 Å². The Bertz CT molecular complexity index is 1990. The van der Waals surface area contributed by atoms with Gasteiger partial charge in [-0.3, -0.25) is 0 Å². The summed E-state index contributed by atoms with van der Waals surface area (Å²) in [7, 11) is 0. The molecule has 0 atom stereocenters. The van der Waals surface area contributed by atoms with Gasteiger partial charge in [-0.05, 0) is 0 Å². The van der Waals surface area contributed by atoms with Gasteiger partial charge in [0.2, 0.25) is 0 Å². The number of para-hydroxylation sites is 1. The summed E-state index contributed by atoms with van der Waals surface area (Å²) in [5, 5.41) is 13.1. The van der Waals surface area contributed by atoms with Crippen LogP contribution < -0.4 is 4.90 Å². The summed E-state index contributed by atoms with van der Waals surface area (Å²) in [6, 6.07) is 39.4. The molecule has 0 N–H and O–H groups in total. The fourth-order valence-electron chi connectivity index (χ4n) is 5.49. The Balaban J connectivity index is 1.35. The van der Waals surface area contributed by atoms with Crippen LogP contribution in [0, 0.1) is 11.3 Å². The molecular formula is C35H20N2O2Se. The summed E-state index contributed by atoms with van der Waals surface area (Å²) in [4.78, 5) is 29.8. The first kappa shape index (κ1) is 24.1. The van der Waals surface area contributed by atoms with Gasteiger partial charge in [0, 0.05) is 0 Å². The molecule has 0 spiro atoms. The number of anilines is 3. The number of fused-ring (bicyclic) bond motifs is 6. The zero-order valence-electron chi connectivity index (χ0n) is 21.2. The van der Waals surface area contributed by atoms with E-state index in [4.69, 9.17) is 0 Å². The Hall–Kier alpha value is -5.01. The Labute approximate surface area is 236 Å². The topological polar surface area (TPSA) is 61.2 Å². The van der Waals surface area contributed by atoms with Gasteiger partial charge in [-0.25, -0.2) is 0 Å². The van der Waals surface area contributed by atoms with Gasteiger partial charge in [0.05, 0.1) is 0 Å². The molecule has 0 saturated carbocycles. The molecule has 0 radical (unpaired) electrons. The minimum absolute atomic E-state index is 0.176. The maximum atomic E-state index is 13.8. The van der Waals surface area contributed by atoms with Gasteiger partial charge >= 0.3 is 237 Å². The van der Waals surface area contributed by atoms with E-state index < -0.39 is 0 Å². The molecule has 1 aliphatic carbocycles. The number of hydrogen-bond donors (Lipinski definition) is 0. The molecule has 0 aliphatic heterocycles. The first-order chi connectivity index (χ1) is 19.6. The van der Waals surface area contributed by atoms with Gasteiger partial charge in [-0.2, -0.15) is 0 Å². The Morgan fingerprint density at radius 2 is 1.20 bits per heavy atom. The van der Waals surface area contributed by atoms with Crippen molar-refractivity contribution in [3.05, 3.63) is 142 Å². The third-order valence-electron chi connectivity index (χ3n) is 7.24. The van der Waals surface area contributed by atoms with Crippen LogP contribution in [0.5, 0.6) is 0 Å². The second-order valence-corrected chi connectivity index (χ2v) is 11.9. The van der Waals surface area contributed by atoms with E-state index in [-0.39, 0.29) is 31.6 Å². The number of hydrogen-bond acceptors (Lipinski definition) is 4. The van der Waals surface area contributed by atoms with E-state index in [1.165, 1.54) is 0 Å². The fraction of sp³-hybridized carbons (Fsp3) is 0. The van der Waals surface area contributed by atoms with E-state index in [2.05, 4.69) is 11.0 Å². The van der Waals surface area contributed by atoms with Crippen molar-refractivity contribution in [2.45, 2.75) is 0 Å². The fourth-order valence-corrected chi connectivity index (χ4v) is 7.58. The quantitative estimate of drug-likeness (QED) is 0.0924. The molecule has 0 unspecified atom stereocenters. The summed E-state index contributed by atoms with van der Waals surface area (Å²) in [6.07, 6.45) is 1.78. The zero-order valence-corrected chi connectivity index (χ0v) is 22.9. The summed E-state index contributed by atoms with van der Waals surface area (Å²) >= 11 is -0.176. The number of benzene rings is 5. The summed E-state index contributed by atoms with van der Waals surface area (Å²) < 4.78 is 1.99. The number of nitrogens with zero attached hydrogens (tertiary/aromatic N) is 2. The van der Waals surface area contributed by atoms with Gasteiger partial charge in [0.15, 0.2) is 0 Å². The van der Waals surface area contributed by atoms with Crippen LogP contribution in [0.15, 0.2) is 121 Å². The van der Waals surface area contributed by atoms with Crippen LogP contribution in [0.1, 0.15) is 30.7 Å². The second kappa shape index (κ2) is 9.63. The van der Waals surface area contributed by atoms with Gasteiger partial charge in [-0.15, -0.1) is 0 Å². The van der Waals surface area contributed by atoms with Crippen molar-refractivity contribution in [3.8, 4) is 6.07 Å². The Morgan fingerprint density at radius 3 is 1.82 bits per heavy atom. The molecule has 5 heteroatoms. The van der Waals surface area contributed by atoms with Gasteiger partial charge in [-0.1, -0.05) is 0 Å². The van der Waals surface area contributed by atoms with Crippen molar-refractivity contribution >= 4 is 69.6 Å². The third kappa shape index (κ3) is 3.82. The number of ketones is 2. The average molecular weight is 580 g/mol. The van der Waals surface area contributed by atoms with Crippen molar-refractivity contribution in [3.63, 3.8) is 0 Å². The number of carbonyl (C=O) groups is 2. The number of rotatable bonds is 4. The standard InChI is InChI=1S/C35H20N2O2Se/c36-21-22-9-8-12-24(19-22)37(23-10-2-1-3-11-23)31-18-17-25(40-31)20-30-34(38)32-28-15-6-4-13-26(28)27-14-5-7-16-29(27)33(32)35(30)39/h1-20H. The molecule has 1 aliphatic rings. The number of allylic oxidation sites excluding steroid dienone is 1. The number of carbonyl (C=O) groups excluding carboxylic acids is 2. The van der Waals surface area contributed by atoms with Crippen LogP contribution in [0.25, 0.3) is 27.6 Å². The van der Waals surface area contributed by atoms with Crippen molar-refractivity contribution in [2.75, 3.05) is 4.90 Å². The molecule has 40 heavy (non-hydrogen) atoms. The van der Waals surface area contributed by atoms with E-state index in [0.717, 1.165) is 41.9 Å². The predicted octanol–water partition coefficient (Wildman–Crippen LogP) is 7.85. The van der Waals surface area contributed by atoms with Crippen molar-refractivity contribution in [1.29, 1.82) is 5.26 Å². The monoisotopic (exact) mass is 580 g/mol. The first-order valence-electron chi connectivity index (χ1n) is 12.8. The summed E-state index contributed by atoms with van der Waals surface area (Å²) in [5.41, 5.74) is 3.68. The van der Waals surface area contributed by atoms with E-state index in [9.17, 15) is 14.9 Å². The number of Topliss-reactive ketones (excluding diaryl/α,β-unsaturated/α-hetero) is 2. The zero-order chi connectivity index (χ0) is 27.2. The molecule has 188 valence electrons. The first-order valence-corrected chi connectivity index (χ1v) is 14.5. The molecule has 1 heterocycles. The molecule has 5 aromatic carbocycles. The molecule has 4 nitrogen and oxygen atoms in total. The Kier molecular flexibility index (Phi) is 5.79. The average Bonchev–Trinajstić information content (AvgIpc) is 3.56. The molecular weight excluding hydrogens is 559 g/mol. The summed E-state index contributed by atoms with van der Waals surface area (Å²) in [6.45, 7) is 0. The van der Waals surface area contributed by atoms with Crippen LogP contribution >= 0.6 is 0 Å². The molecule has 0 amide bonds. The molecule has 6 aromatic rings. The maximum absolute atomic E-state index is 13.8. The van der Waals surface area contributed by atoms with E-state index >= 15 is 0 Å². The third-order valence-corrected chi connectivity index (χ3v) is 9.38. The normalized spacial score (nSPS) is 12.5. The van der Waals surface area contributed by atoms with Gasteiger partial charge < -0.3 is 0 Å². The summed E-state index contributed by atoms with van der Waals surface area (Å²) in [5.74, 6) is -0.428. The molecule has 0 fully saturated rings. The predicted molar refractivity (Wildman–Crippen MR) is 161 cm³/mol. The molecule has 1 aromatic heterocycles. The van der Waals surface area contributed by atoms with E-state index in [0.29, 0.717) is 16.7 Å². The van der Waals surface area contributed by atoms with Crippen LogP contribution in [0.2, 0.25) is 0 Å². The van der Waals surface area contributed by atoms with Crippen LogP contribution in [-0.4, -0.2) is 26.1 Å². The SMILES string of the molecule is N#Cc1cccc(N(c2ccccc2)c2ccc(C=C3C(=O)c4c(c5ccccc5c5ccccc45)C3=O)[se]2)c1. The Morgan fingerprint density at radius 1 is 0.625 bits per heavy atom. The minimum atomic E-state index is -0.214. The molecule has 0 bridgehead atoms. The number of nitriles is 1. The van der Waals surface area contributed by atoms with E-state index in [1.807, 2.05) is 109 Å². The van der Waals surface area contributed by atoms with Gasteiger partial charge in [0.25, 0.3) is 0 Å². The van der Waals surface area contributed by atoms with Crippen LogP contribution in [0.3, 0.4) is 0 Å². The molecule has 0 saturated heterocycles. The van der Waals surface area contributed by atoms with Crippen molar-refractivity contribution < 1.29 is 9.59 Å². The van der Waals surface area contributed by atoms with Gasteiger partial charge in [0.1, 0.15) is 0 Å². The van der Waals surface area contributed by atoms with Crippen LogP contribution in [-0.2, 0) is 0 Å². The van der Waals surface area contributed by atoms with Crippen molar-refractivity contribution in [2.24, 2.45) is 0 Å². The van der Waals surface area contributed by atoms with Crippen molar-refractivity contribution in [1.82, 2.24) is 0 Å².